The minimum Gasteiger partial charge on any atom is -0.481 e. The molecule has 1 aromatic rings. The van der Waals surface area contributed by atoms with Gasteiger partial charge in [0, 0.05) is 61.3 Å². The molecule has 0 amide bonds. The molecule has 144 valence electrons. The van der Waals surface area contributed by atoms with E-state index in [4.69, 9.17) is 5.11 Å². The summed E-state index contributed by atoms with van der Waals surface area (Å²) < 4.78 is 24.4. The molecule has 2 N–H and O–H groups in total. The zero-order valence-electron chi connectivity index (χ0n) is 15.1. The summed E-state index contributed by atoms with van der Waals surface area (Å²) in [4.78, 5) is 30.3. The van der Waals surface area contributed by atoms with Crippen LogP contribution in [0.15, 0.2) is 11.0 Å². The Morgan fingerprint density at radius 2 is 1.85 bits per heavy atom. The third-order valence-corrected chi connectivity index (χ3v) is 7.19. The van der Waals surface area contributed by atoms with Crippen LogP contribution in [0.25, 0.3) is 0 Å². The Bertz CT molecular complexity index is 864. The maximum atomic E-state index is 12.2. The van der Waals surface area contributed by atoms with Crippen molar-refractivity contribution in [1.82, 2.24) is 14.8 Å². The maximum absolute atomic E-state index is 12.2. The molecule has 26 heavy (non-hydrogen) atoms. The highest BCUT2D eigenvalue weighted by molar-refractivity contribution is 7.91. The molecule has 2 fully saturated rings. The zero-order chi connectivity index (χ0) is 19.1. The number of aliphatic carboxylic acids is 1. The number of sulfone groups is 1. The fourth-order valence-corrected chi connectivity index (χ4v) is 6.02. The molecule has 2 atom stereocenters. The van der Waals surface area contributed by atoms with Crippen LogP contribution in [0.3, 0.4) is 0 Å². The summed E-state index contributed by atoms with van der Waals surface area (Å²) in [6.45, 7) is 5.67. The van der Waals surface area contributed by atoms with Gasteiger partial charge in [0.2, 0.25) is 0 Å². The quantitative estimate of drug-likeness (QED) is 0.721. The van der Waals surface area contributed by atoms with Crippen LogP contribution in [0.5, 0.6) is 0 Å². The molecule has 0 unspecified atom stereocenters. The van der Waals surface area contributed by atoms with Gasteiger partial charge in [-0.1, -0.05) is 0 Å². The van der Waals surface area contributed by atoms with Crippen molar-refractivity contribution >= 4 is 15.8 Å². The van der Waals surface area contributed by atoms with Crippen molar-refractivity contribution < 1.29 is 18.3 Å². The van der Waals surface area contributed by atoms with Gasteiger partial charge in [0.05, 0.1) is 17.9 Å². The third-order valence-electron chi connectivity index (χ3n) is 5.49. The summed E-state index contributed by atoms with van der Waals surface area (Å²) >= 11 is 0. The highest BCUT2D eigenvalue weighted by Crippen LogP contribution is 2.28. The summed E-state index contributed by atoms with van der Waals surface area (Å²) in [5.74, 6) is -0.731. The number of hydrogen-bond donors (Lipinski definition) is 2. The van der Waals surface area contributed by atoms with Gasteiger partial charge in [0.15, 0.2) is 15.3 Å². The van der Waals surface area contributed by atoms with Crippen molar-refractivity contribution in [1.29, 1.82) is 0 Å². The Kier molecular flexibility index (Phi) is 5.23. The molecule has 3 rings (SSSR count). The lowest BCUT2D eigenvalue weighted by molar-refractivity contribution is -0.137. The molecular formula is C17H25N3O5S. The van der Waals surface area contributed by atoms with Crippen molar-refractivity contribution in [3.05, 3.63) is 33.2 Å². The summed E-state index contributed by atoms with van der Waals surface area (Å²) in [5, 5.41) is 8.92. The first-order valence-corrected chi connectivity index (χ1v) is 10.6. The third kappa shape index (κ3) is 3.84. The Morgan fingerprint density at radius 3 is 2.50 bits per heavy atom. The molecule has 0 aromatic carbocycles. The molecule has 8 nitrogen and oxygen atoms in total. The first-order valence-electron chi connectivity index (χ1n) is 8.76. The summed E-state index contributed by atoms with van der Waals surface area (Å²) in [6.07, 6.45) is 1.70. The topological polar surface area (TPSA) is 111 Å². The second-order valence-corrected chi connectivity index (χ2v) is 9.42. The Morgan fingerprint density at radius 1 is 1.23 bits per heavy atom. The number of hydrogen-bond acceptors (Lipinski definition) is 6. The number of carboxylic acids is 1. The van der Waals surface area contributed by atoms with Gasteiger partial charge < -0.3 is 10.1 Å². The van der Waals surface area contributed by atoms with Crippen molar-refractivity contribution in [2.75, 3.05) is 31.1 Å². The Labute approximate surface area is 152 Å². The first-order chi connectivity index (χ1) is 12.2. The second-order valence-electron chi connectivity index (χ2n) is 7.27. The predicted molar refractivity (Wildman–Crippen MR) is 97.0 cm³/mol. The van der Waals surface area contributed by atoms with E-state index in [1.807, 2.05) is 4.90 Å². The van der Waals surface area contributed by atoms with E-state index < -0.39 is 15.8 Å². The van der Waals surface area contributed by atoms with Crippen molar-refractivity contribution in [3.63, 3.8) is 0 Å². The molecule has 0 saturated carbocycles. The van der Waals surface area contributed by atoms with Crippen LogP contribution in [0, 0.1) is 13.8 Å². The lowest BCUT2D eigenvalue weighted by Gasteiger charge is -2.43. The molecule has 0 spiro atoms. The number of piperazine rings is 1. The second kappa shape index (κ2) is 7.13. The van der Waals surface area contributed by atoms with Gasteiger partial charge in [-0.15, -0.1) is 0 Å². The van der Waals surface area contributed by atoms with E-state index in [0.29, 0.717) is 37.3 Å². The van der Waals surface area contributed by atoms with E-state index in [9.17, 15) is 18.0 Å². The summed E-state index contributed by atoms with van der Waals surface area (Å²) in [7, 11) is -3.15. The number of carboxylic acid groups (broad SMARTS) is 1. The molecule has 2 aliphatic heterocycles. The van der Waals surface area contributed by atoms with Crippen molar-refractivity contribution in [2.45, 2.75) is 38.9 Å². The molecule has 9 heteroatoms. The van der Waals surface area contributed by atoms with E-state index in [2.05, 4.69) is 9.88 Å². The van der Waals surface area contributed by atoms with Gasteiger partial charge >= 0.3 is 5.97 Å². The van der Waals surface area contributed by atoms with Crippen LogP contribution in [0.4, 0.5) is 0 Å². The lowest BCUT2D eigenvalue weighted by atomic mass is 10.0. The average Bonchev–Trinajstić information content (AvgIpc) is 2.89. The highest BCUT2D eigenvalue weighted by Gasteiger charge is 2.46. The number of aryl methyl sites for hydroxylation is 1. The van der Waals surface area contributed by atoms with Crippen LogP contribution >= 0.6 is 0 Å². The highest BCUT2D eigenvalue weighted by atomic mass is 32.2. The van der Waals surface area contributed by atoms with Gasteiger partial charge in [-0.2, -0.15) is 0 Å². The van der Waals surface area contributed by atoms with Crippen LogP contribution in [-0.4, -0.2) is 77.5 Å². The van der Waals surface area contributed by atoms with Crippen LogP contribution in [0.1, 0.15) is 23.2 Å². The molecule has 2 aliphatic rings. The molecule has 1 aromatic heterocycles. The molecule has 3 heterocycles. The van der Waals surface area contributed by atoms with Gasteiger partial charge in [0.1, 0.15) is 0 Å². The number of fused-ring (bicyclic) bond motifs is 1. The lowest BCUT2D eigenvalue weighted by Crippen LogP contribution is -2.59. The SMILES string of the molecule is Cc1c[nH]c(CN2CCN(CCC(=O)O)[C@@H]3CS(=O)(=O)C[C@@H]32)c(C)c1=O. The van der Waals surface area contributed by atoms with E-state index >= 15 is 0 Å². The van der Waals surface area contributed by atoms with E-state index in [0.717, 1.165) is 5.69 Å². The number of H-pyrrole nitrogens is 1. The van der Waals surface area contributed by atoms with E-state index in [1.54, 1.807) is 20.0 Å². The fourth-order valence-electron chi connectivity index (χ4n) is 3.98. The number of pyridine rings is 1. The summed E-state index contributed by atoms with van der Waals surface area (Å²) in [6, 6.07) is -0.364. The maximum Gasteiger partial charge on any atom is 0.304 e. The van der Waals surface area contributed by atoms with Crippen LogP contribution in [0.2, 0.25) is 0 Å². The predicted octanol–water partition coefficient (Wildman–Crippen LogP) is -0.250. The average molecular weight is 383 g/mol. The van der Waals surface area contributed by atoms with Gasteiger partial charge in [-0.05, 0) is 13.8 Å². The van der Waals surface area contributed by atoms with Crippen molar-refractivity contribution in [3.8, 4) is 0 Å². The van der Waals surface area contributed by atoms with E-state index in [-0.39, 0.29) is 35.4 Å². The zero-order valence-corrected chi connectivity index (χ0v) is 15.9. The summed E-state index contributed by atoms with van der Waals surface area (Å²) in [5.41, 5.74) is 2.14. The van der Waals surface area contributed by atoms with Gasteiger partial charge in [-0.3, -0.25) is 19.4 Å². The molecule has 2 saturated heterocycles. The monoisotopic (exact) mass is 383 g/mol. The van der Waals surface area contributed by atoms with Gasteiger partial charge in [0.25, 0.3) is 0 Å². The normalized spacial score (nSPS) is 25.9. The number of carbonyl (C=O) groups is 1. The molecular weight excluding hydrogens is 358 g/mol. The molecule has 0 aliphatic carbocycles. The number of nitrogens with one attached hydrogen (secondary N) is 1. The van der Waals surface area contributed by atoms with E-state index in [1.165, 1.54) is 0 Å². The fraction of sp³-hybridized carbons (Fsp3) is 0.647. The largest absolute Gasteiger partial charge is 0.481 e. The Hall–Kier alpha value is -1.71. The minimum absolute atomic E-state index is 0.00760. The Balaban J connectivity index is 1.81. The van der Waals surface area contributed by atoms with Gasteiger partial charge in [-0.25, -0.2) is 8.42 Å². The smallest absolute Gasteiger partial charge is 0.304 e. The molecule has 0 radical (unpaired) electrons. The standard InChI is InChI=1S/C17H25N3O5S/c1-11-7-18-13(12(2)17(11)23)8-20-6-5-19(4-3-16(21)22)14-9-26(24,25)10-15(14)20/h7,14-15H,3-6,8-10H2,1-2H3,(H,18,23)(H,21,22)/t14-,15+/m1/s1. The number of nitrogens with zero attached hydrogens (tertiary/aromatic N) is 2. The number of aromatic amines is 1. The first kappa shape index (κ1) is 19.1. The van der Waals surface area contributed by atoms with Crippen molar-refractivity contribution in [2.24, 2.45) is 0 Å². The number of aromatic nitrogens is 1. The molecule has 0 bridgehead atoms. The number of rotatable bonds is 5. The minimum atomic E-state index is -3.15. The van der Waals surface area contributed by atoms with Crippen LogP contribution < -0.4 is 5.43 Å². The van der Waals surface area contributed by atoms with Crippen LogP contribution in [-0.2, 0) is 21.2 Å².